The third-order valence-electron chi connectivity index (χ3n) is 2.89. The lowest BCUT2D eigenvalue weighted by atomic mass is 10.2. The molecule has 4 nitrogen and oxygen atoms in total. The van der Waals surface area contributed by atoms with Crippen LogP contribution in [0.2, 0.25) is 0 Å². The van der Waals surface area contributed by atoms with Crippen LogP contribution in [0.1, 0.15) is 18.2 Å². The van der Waals surface area contributed by atoms with Crippen molar-refractivity contribution in [2.45, 2.75) is 30.5 Å². The van der Waals surface area contributed by atoms with Crippen molar-refractivity contribution in [1.82, 2.24) is 9.62 Å². The Labute approximate surface area is 107 Å². The molecule has 1 aromatic heterocycles. The molecule has 17 heavy (non-hydrogen) atoms. The number of nitrogens with one attached hydrogen (secondary N) is 1. The highest BCUT2D eigenvalue weighted by Gasteiger charge is 2.34. The van der Waals surface area contributed by atoms with Crippen molar-refractivity contribution in [3.63, 3.8) is 0 Å². The first kappa shape index (κ1) is 13.0. The van der Waals surface area contributed by atoms with Crippen molar-refractivity contribution in [2.24, 2.45) is 0 Å². The van der Waals surface area contributed by atoms with Crippen LogP contribution in [0.15, 0.2) is 16.3 Å². The predicted octanol–water partition coefficient (Wildman–Crippen LogP) is 1.43. The van der Waals surface area contributed by atoms with Crippen LogP contribution in [0.5, 0.6) is 0 Å². The number of thiophene rings is 1. The van der Waals surface area contributed by atoms with Gasteiger partial charge in [-0.2, -0.15) is 4.31 Å². The standard InChI is InChI=1S/C11H18N2O2S2/c1-3-6-13(10-7-12-8-10)17(14,15)11-5-4-9(2)16-11/h4-5,10,12H,3,6-8H2,1-2H3. The van der Waals surface area contributed by atoms with Crippen LogP contribution in [0.4, 0.5) is 0 Å². The molecule has 96 valence electrons. The molecule has 1 fully saturated rings. The zero-order valence-corrected chi connectivity index (χ0v) is 11.8. The molecular formula is C11H18N2O2S2. The average molecular weight is 274 g/mol. The molecular weight excluding hydrogens is 256 g/mol. The van der Waals surface area contributed by atoms with E-state index in [0.717, 1.165) is 24.4 Å². The second-order valence-electron chi connectivity index (χ2n) is 4.29. The molecule has 0 unspecified atom stereocenters. The molecule has 2 rings (SSSR count). The first-order valence-electron chi connectivity index (χ1n) is 5.84. The molecule has 0 aromatic carbocycles. The summed E-state index contributed by atoms with van der Waals surface area (Å²) in [5.74, 6) is 0. The van der Waals surface area contributed by atoms with Crippen molar-refractivity contribution < 1.29 is 8.42 Å². The van der Waals surface area contributed by atoms with Gasteiger partial charge in [0.2, 0.25) is 0 Å². The smallest absolute Gasteiger partial charge is 0.252 e. The Morgan fingerprint density at radius 3 is 2.59 bits per heavy atom. The minimum atomic E-state index is -3.29. The van der Waals surface area contributed by atoms with Gasteiger partial charge in [-0.1, -0.05) is 6.92 Å². The van der Waals surface area contributed by atoms with Crippen LogP contribution < -0.4 is 5.32 Å². The van der Waals surface area contributed by atoms with Gasteiger partial charge in [0.15, 0.2) is 0 Å². The molecule has 0 saturated carbocycles. The zero-order valence-electron chi connectivity index (χ0n) is 10.1. The molecule has 1 aromatic rings. The molecule has 0 bridgehead atoms. The van der Waals surface area contributed by atoms with E-state index in [1.165, 1.54) is 11.3 Å². The highest BCUT2D eigenvalue weighted by molar-refractivity contribution is 7.91. The second-order valence-corrected chi connectivity index (χ2v) is 7.70. The fourth-order valence-electron chi connectivity index (χ4n) is 1.86. The van der Waals surface area contributed by atoms with E-state index in [1.54, 1.807) is 10.4 Å². The molecule has 1 saturated heterocycles. The van der Waals surface area contributed by atoms with Crippen LogP contribution in [0.3, 0.4) is 0 Å². The van der Waals surface area contributed by atoms with Gasteiger partial charge in [-0.3, -0.25) is 0 Å². The van der Waals surface area contributed by atoms with Crippen LogP contribution in [-0.2, 0) is 10.0 Å². The number of aryl methyl sites for hydroxylation is 1. The van der Waals surface area contributed by atoms with Crippen LogP contribution in [0.25, 0.3) is 0 Å². The fourth-order valence-corrected chi connectivity index (χ4v) is 4.99. The average Bonchev–Trinajstić information content (AvgIpc) is 2.62. The van der Waals surface area contributed by atoms with E-state index in [2.05, 4.69) is 5.32 Å². The van der Waals surface area contributed by atoms with E-state index in [9.17, 15) is 8.42 Å². The number of nitrogens with zero attached hydrogens (tertiary/aromatic N) is 1. The summed E-state index contributed by atoms with van der Waals surface area (Å²) in [5, 5.41) is 3.13. The molecule has 1 aliphatic heterocycles. The fraction of sp³-hybridized carbons (Fsp3) is 0.636. The molecule has 6 heteroatoms. The largest absolute Gasteiger partial charge is 0.313 e. The third kappa shape index (κ3) is 2.54. The number of rotatable bonds is 5. The maximum Gasteiger partial charge on any atom is 0.252 e. The second kappa shape index (κ2) is 5.06. The van der Waals surface area contributed by atoms with Gasteiger partial charge in [0, 0.05) is 24.5 Å². The van der Waals surface area contributed by atoms with Crippen molar-refractivity contribution in [3.05, 3.63) is 17.0 Å². The Bertz CT molecular complexity index is 477. The minimum absolute atomic E-state index is 0.127. The van der Waals surface area contributed by atoms with E-state index in [0.29, 0.717) is 10.8 Å². The van der Waals surface area contributed by atoms with Crippen molar-refractivity contribution in [2.75, 3.05) is 19.6 Å². The summed E-state index contributed by atoms with van der Waals surface area (Å²) >= 11 is 1.35. The van der Waals surface area contributed by atoms with Crippen molar-refractivity contribution in [3.8, 4) is 0 Å². The number of sulfonamides is 1. The molecule has 1 aliphatic rings. The normalized spacial score (nSPS) is 17.4. The Hall–Kier alpha value is -0.430. The maximum atomic E-state index is 12.5. The number of hydrogen-bond donors (Lipinski definition) is 1. The highest BCUT2D eigenvalue weighted by atomic mass is 32.2. The SMILES string of the molecule is CCCN(C1CNC1)S(=O)(=O)c1ccc(C)s1. The van der Waals surface area contributed by atoms with Gasteiger partial charge < -0.3 is 5.32 Å². The van der Waals surface area contributed by atoms with Gasteiger partial charge in [0.25, 0.3) is 10.0 Å². The van der Waals surface area contributed by atoms with E-state index in [-0.39, 0.29) is 6.04 Å². The lowest BCUT2D eigenvalue weighted by Gasteiger charge is -2.36. The lowest BCUT2D eigenvalue weighted by Crippen LogP contribution is -2.58. The summed E-state index contributed by atoms with van der Waals surface area (Å²) < 4.78 is 27.1. The summed E-state index contributed by atoms with van der Waals surface area (Å²) in [7, 11) is -3.29. The van der Waals surface area contributed by atoms with Gasteiger partial charge in [-0.25, -0.2) is 8.42 Å². The van der Waals surface area contributed by atoms with E-state index >= 15 is 0 Å². The molecule has 0 atom stereocenters. The first-order valence-corrected chi connectivity index (χ1v) is 8.10. The summed E-state index contributed by atoms with van der Waals surface area (Å²) in [4.78, 5) is 1.03. The Morgan fingerprint density at radius 1 is 1.47 bits per heavy atom. The van der Waals surface area contributed by atoms with Crippen LogP contribution >= 0.6 is 11.3 Å². The molecule has 0 spiro atoms. The van der Waals surface area contributed by atoms with Crippen LogP contribution in [0, 0.1) is 6.92 Å². The summed E-state index contributed by atoms with van der Waals surface area (Å²) in [6.07, 6.45) is 0.847. The molecule has 0 amide bonds. The Balaban J connectivity index is 2.27. The van der Waals surface area contributed by atoms with Gasteiger partial charge in [-0.05, 0) is 25.5 Å². The van der Waals surface area contributed by atoms with Crippen molar-refractivity contribution in [1.29, 1.82) is 0 Å². The first-order chi connectivity index (χ1) is 8.05. The lowest BCUT2D eigenvalue weighted by molar-refractivity contribution is 0.242. The maximum absolute atomic E-state index is 12.5. The molecule has 1 N–H and O–H groups in total. The monoisotopic (exact) mass is 274 g/mol. The van der Waals surface area contributed by atoms with Gasteiger partial charge in [-0.15, -0.1) is 11.3 Å². The van der Waals surface area contributed by atoms with Gasteiger partial charge >= 0.3 is 0 Å². The van der Waals surface area contributed by atoms with Crippen LogP contribution in [-0.4, -0.2) is 38.4 Å². The topological polar surface area (TPSA) is 49.4 Å². The molecule has 0 aliphatic carbocycles. The molecule has 0 radical (unpaired) electrons. The molecule has 2 heterocycles. The van der Waals surface area contributed by atoms with E-state index in [1.807, 2.05) is 19.9 Å². The summed E-state index contributed by atoms with van der Waals surface area (Å²) in [6.45, 7) is 6.08. The quantitative estimate of drug-likeness (QED) is 0.883. The number of hydrogen-bond acceptors (Lipinski definition) is 4. The summed E-state index contributed by atoms with van der Waals surface area (Å²) in [6, 6.07) is 3.70. The Kier molecular flexibility index (Phi) is 3.87. The van der Waals surface area contributed by atoms with E-state index < -0.39 is 10.0 Å². The van der Waals surface area contributed by atoms with E-state index in [4.69, 9.17) is 0 Å². The van der Waals surface area contributed by atoms with Gasteiger partial charge in [0.1, 0.15) is 4.21 Å². The zero-order chi connectivity index (χ0) is 12.5. The summed E-state index contributed by atoms with van der Waals surface area (Å²) in [5.41, 5.74) is 0. The van der Waals surface area contributed by atoms with Crippen molar-refractivity contribution >= 4 is 21.4 Å². The predicted molar refractivity (Wildman–Crippen MR) is 69.9 cm³/mol. The third-order valence-corrected chi connectivity index (χ3v) is 6.31. The minimum Gasteiger partial charge on any atom is -0.313 e. The Morgan fingerprint density at radius 2 is 2.18 bits per heavy atom. The highest BCUT2D eigenvalue weighted by Crippen LogP contribution is 2.26. The van der Waals surface area contributed by atoms with Gasteiger partial charge in [0.05, 0.1) is 6.04 Å².